The van der Waals surface area contributed by atoms with Gasteiger partial charge in [-0.05, 0) is 32.8 Å². The number of rotatable bonds is 9. The Labute approximate surface area is 187 Å². The first kappa shape index (κ1) is 24.9. The van der Waals surface area contributed by atoms with Crippen LogP contribution in [0.2, 0.25) is 0 Å². The van der Waals surface area contributed by atoms with Crippen molar-refractivity contribution in [3.8, 4) is 0 Å². The number of cyclic esters (lactones) is 1. The maximum Gasteiger partial charge on any atom is 0.416 e. The second-order valence-corrected chi connectivity index (χ2v) is 8.38. The fraction of sp³-hybridized carbons (Fsp3) is 0.478. The summed E-state index contributed by atoms with van der Waals surface area (Å²) in [6, 6.07) is 8.85. The van der Waals surface area contributed by atoms with Gasteiger partial charge in [0.15, 0.2) is 0 Å². The molecular formula is C23H30N2O7. The maximum atomic E-state index is 13.3. The lowest BCUT2D eigenvalue weighted by molar-refractivity contribution is -0.147. The quantitative estimate of drug-likeness (QED) is 0.353. The number of ether oxygens (including phenoxy) is 3. The average Bonchev–Trinajstić information content (AvgIpc) is 3.08. The first-order chi connectivity index (χ1) is 15.1. The van der Waals surface area contributed by atoms with Gasteiger partial charge in [-0.15, -0.1) is 0 Å². The molecule has 1 aliphatic heterocycles. The van der Waals surface area contributed by atoms with E-state index < -0.39 is 41.6 Å². The topological polar surface area (TPSA) is 111 Å². The number of hydrogen-bond donors (Lipinski definition) is 1. The molecule has 1 heterocycles. The highest BCUT2D eigenvalue weighted by atomic mass is 16.6. The van der Waals surface area contributed by atoms with E-state index in [4.69, 9.17) is 14.2 Å². The third-order valence-electron chi connectivity index (χ3n) is 4.53. The summed E-state index contributed by atoms with van der Waals surface area (Å²) in [5.41, 5.74) is 0.203. The van der Waals surface area contributed by atoms with Crippen molar-refractivity contribution in [3.05, 3.63) is 48.6 Å². The van der Waals surface area contributed by atoms with Crippen LogP contribution in [0.5, 0.6) is 0 Å². The van der Waals surface area contributed by atoms with Crippen LogP contribution in [0, 0.1) is 5.92 Å². The zero-order valence-electron chi connectivity index (χ0n) is 18.7. The molecule has 1 aromatic carbocycles. The van der Waals surface area contributed by atoms with E-state index in [1.165, 1.54) is 6.08 Å². The molecule has 1 N–H and O–H groups in total. The molecule has 0 saturated carbocycles. The van der Waals surface area contributed by atoms with Crippen molar-refractivity contribution < 1.29 is 33.4 Å². The van der Waals surface area contributed by atoms with Crippen LogP contribution in [0.1, 0.15) is 32.8 Å². The zero-order chi connectivity index (χ0) is 23.7. The number of carbonyl (C=O) groups is 4. The standard InChI is InChI=1S/C23H30N2O7/c1-5-11-30-19(26)13-17(14-24-21(28)32-23(2,3)4)20(27)25-18(15-31-22(25)29)12-16-9-7-6-8-10-16/h5-10,17-18H,1,11-15H2,2-4H3,(H,24,28)/t17-,18-/m1/s1. The number of carbonyl (C=O) groups excluding carboxylic acids is 4. The molecular weight excluding hydrogens is 416 g/mol. The lowest BCUT2D eigenvalue weighted by Crippen LogP contribution is -2.47. The van der Waals surface area contributed by atoms with Gasteiger partial charge in [0.1, 0.15) is 18.8 Å². The molecule has 0 unspecified atom stereocenters. The Morgan fingerprint density at radius 1 is 1.28 bits per heavy atom. The van der Waals surface area contributed by atoms with Crippen LogP contribution in [-0.4, -0.2) is 60.4 Å². The van der Waals surface area contributed by atoms with Crippen LogP contribution in [0.25, 0.3) is 0 Å². The van der Waals surface area contributed by atoms with Crippen molar-refractivity contribution in [1.29, 1.82) is 0 Å². The molecule has 1 saturated heterocycles. The largest absolute Gasteiger partial charge is 0.461 e. The number of esters is 1. The zero-order valence-corrected chi connectivity index (χ0v) is 18.7. The molecule has 0 spiro atoms. The van der Waals surface area contributed by atoms with Crippen molar-refractivity contribution in [2.75, 3.05) is 19.8 Å². The van der Waals surface area contributed by atoms with E-state index in [1.807, 2.05) is 30.3 Å². The highest BCUT2D eigenvalue weighted by Crippen LogP contribution is 2.21. The van der Waals surface area contributed by atoms with E-state index in [1.54, 1.807) is 20.8 Å². The summed E-state index contributed by atoms with van der Waals surface area (Å²) < 4.78 is 15.3. The predicted octanol–water partition coefficient (Wildman–Crippen LogP) is 2.84. The first-order valence-electron chi connectivity index (χ1n) is 10.4. The van der Waals surface area contributed by atoms with Crippen LogP contribution >= 0.6 is 0 Å². The van der Waals surface area contributed by atoms with Crippen LogP contribution in [0.4, 0.5) is 9.59 Å². The number of amides is 3. The summed E-state index contributed by atoms with van der Waals surface area (Å²) in [4.78, 5) is 50.9. The highest BCUT2D eigenvalue weighted by Gasteiger charge is 2.41. The lowest BCUT2D eigenvalue weighted by atomic mass is 10.0. The van der Waals surface area contributed by atoms with Crippen LogP contribution < -0.4 is 5.32 Å². The Kier molecular flexibility index (Phi) is 8.80. The number of hydrogen-bond acceptors (Lipinski definition) is 7. The molecule has 9 nitrogen and oxygen atoms in total. The molecule has 0 radical (unpaired) electrons. The summed E-state index contributed by atoms with van der Waals surface area (Å²) in [6.45, 7) is 8.42. The van der Waals surface area contributed by atoms with Crippen molar-refractivity contribution in [1.82, 2.24) is 10.2 Å². The van der Waals surface area contributed by atoms with Gasteiger partial charge in [0.2, 0.25) is 5.91 Å². The summed E-state index contributed by atoms with van der Waals surface area (Å²) in [7, 11) is 0. The minimum atomic E-state index is -1.04. The van der Waals surface area contributed by atoms with Crippen molar-refractivity contribution >= 4 is 24.1 Å². The van der Waals surface area contributed by atoms with Gasteiger partial charge in [0.05, 0.1) is 18.4 Å². The maximum absolute atomic E-state index is 13.3. The molecule has 32 heavy (non-hydrogen) atoms. The average molecular weight is 447 g/mol. The van der Waals surface area contributed by atoms with Crippen LogP contribution in [-0.2, 0) is 30.2 Å². The highest BCUT2D eigenvalue weighted by molar-refractivity contribution is 5.96. The van der Waals surface area contributed by atoms with E-state index in [9.17, 15) is 19.2 Å². The second kappa shape index (κ2) is 11.3. The van der Waals surface area contributed by atoms with Gasteiger partial charge in [-0.1, -0.05) is 43.0 Å². The number of benzene rings is 1. The van der Waals surface area contributed by atoms with Crippen molar-refractivity contribution in [3.63, 3.8) is 0 Å². The molecule has 1 aliphatic rings. The molecule has 2 atom stereocenters. The summed E-state index contributed by atoms with van der Waals surface area (Å²) in [5.74, 6) is -2.31. The van der Waals surface area contributed by atoms with E-state index >= 15 is 0 Å². The van der Waals surface area contributed by atoms with Crippen molar-refractivity contribution in [2.24, 2.45) is 5.92 Å². The SMILES string of the molecule is C=CCOC(=O)C[C@H](CNC(=O)OC(C)(C)C)C(=O)N1C(=O)OC[C@H]1Cc1ccccc1. The number of imide groups is 1. The van der Waals surface area contributed by atoms with Gasteiger partial charge >= 0.3 is 18.2 Å². The molecule has 174 valence electrons. The normalized spacial score (nSPS) is 16.7. The minimum absolute atomic E-state index is 0.0123. The smallest absolute Gasteiger partial charge is 0.416 e. The van der Waals surface area contributed by atoms with Gasteiger partial charge in [-0.2, -0.15) is 0 Å². The van der Waals surface area contributed by atoms with E-state index in [0.29, 0.717) is 6.42 Å². The minimum Gasteiger partial charge on any atom is -0.461 e. The third-order valence-corrected chi connectivity index (χ3v) is 4.53. The van der Waals surface area contributed by atoms with Gasteiger partial charge in [-0.25, -0.2) is 14.5 Å². The predicted molar refractivity (Wildman–Crippen MR) is 116 cm³/mol. The summed E-state index contributed by atoms with van der Waals surface area (Å²) in [6.07, 6.45) is -0.0331. The van der Waals surface area contributed by atoms with E-state index in [-0.39, 0.29) is 26.2 Å². The molecule has 9 heteroatoms. The Morgan fingerprint density at radius 3 is 2.59 bits per heavy atom. The Hall–Kier alpha value is -3.36. The van der Waals surface area contributed by atoms with E-state index in [2.05, 4.69) is 11.9 Å². The van der Waals surface area contributed by atoms with Gasteiger partial charge < -0.3 is 19.5 Å². The number of nitrogens with one attached hydrogen (secondary N) is 1. The monoisotopic (exact) mass is 446 g/mol. The summed E-state index contributed by atoms with van der Waals surface area (Å²) in [5, 5.41) is 2.50. The Bertz CT molecular complexity index is 832. The molecule has 2 rings (SSSR count). The van der Waals surface area contributed by atoms with Crippen LogP contribution in [0.3, 0.4) is 0 Å². The number of nitrogens with zero attached hydrogens (tertiary/aromatic N) is 1. The molecule has 0 aromatic heterocycles. The van der Waals surface area contributed by atoms with Gasteiger partial charge in [0.25, 0.3) is 0 Å². The molecule has 3 amide bonds. The Morgan fingerprint density at radius 2 is 1.97 bits per heavy atom. The fourth-order valence-electron chi connectivity index (χ4n) is 3.14. The lowest BCUT2D eigenvalue weighted by Gasteiger charge is -2.25. The molecule has 1 fully saturated rings. The molecule has 1 aromatic rings. The van der Waals surface area contributed by atoms with Gasteiger partial charge in [-0.3, -0.25) is 9.59 Å². The number of alkyl carbamates (subject to hydrolysis) is 1. The summed E-state index contributed by atoms with van der Waals surface area (Å²) >= 11 is 0. The van der Waals surface area contributed by atoms with Crippen LogP contribution in [0.15, 0.2) is 43.0 Å². The molecule has 0 aliphatic carbocycles. The second-order valence-electron chi connectivity index (χ2n) is 8.38. The Balaban J connectivity index is 2.14. The third kappa shape index (κ3) is 7.72. The van der Waals surface area contributed by atoms with E-state index in [0.717, 1.165) is 10.5 Å². The van der Waals surface area contributed by atoms with Crippen molar-refractivity contribution in [2.45, 2.75) is 45.3 Å². The van der Waals surface area contributed by atoms with Gasteiger partial charge in [0, 0.05) is 6.54 Å². The molecule has 0 bridgehead atoms. The first-order valence-corrected chi connectivity index (χ1v) is 10.4. The fourth-order valence-corrected chi connectivity index (χ4v) is 3.14.